The number of aromatic carboxylic acids is 1. The predicted molar refractivity (Wildman–Crippen MR) is 111 cm³/mol. The zero-order chi connectivity index (χ0) is 21.1. The minimum atomic E-state index is -1.33. The predicted octanol–water partition coefficient (Wildman–Crippen LogP) is 6.72. The van der Waals surface area contributed by atoms with E-state index in [2.05, 4.69) is 20.4 Å². The Balaban J connectivity index is 1.91. The van der Waals surface area contributed by atoms with Gasteiger partial charge < -0.3 is 5.11 Å². The molecule has 2 aromatic rings. The molecular weight excluding hydrogens is 370 g/mol. The smallest absolute Gasteiger partial charge is 0.335 e. The molecule has 0 aliphatic heterocycles. The molecule has 0 saturated heterocycles. The lowest BCUT2D eigenvalue weighted by Gasteiger charge is -2.39. The van der Waals surface area contributed by atoms with Crippen molar-refractivity contribution in [3.8, 4) is 0 Å². The molecule has 1 N–H and O–H groups in total. The van der Waals surface area contributed by atoms with Gasteiger partial charge in [0.1, 0.15) is 12.0 Å². The molecule has 2 aromatic carbocycles. The van der Waals surface area contributed by atoms with Gasteiger partial charge in [-0.3, -0.25) is 0 Å². The third kappa shape index (κ3) is 3.09. The van der Waals surface area contributed by atoms with Crippen LogP contribution in [-0.4, -0.2) is 11.1 Å². The summed E-state index contributed by atoms with van der Waals surface area (Å²) in [6.45, 7) is 9.60. The van der Waals surface area contributed by atoms with Gasteiger partial charge in [-0.25, -0.2) is 13.6 Å². The Labute approximate surface area is 170 Å². The number of halogens is 2. The van der Waals surface area contributed by atoms with Gasteiger partial charge in [0.15, 0.2) is 0 Å². The molecule has 4 heteroatoms. The van der Waals surface area contributed by atoms with E-state index in [9.17, 15) is 9.18 Å². The van der Waals surface area contributed by atoms with Gasteiger partial charge in [-0.05, 0) is 83.4 Å². The molecule has 1 unspecified atom stereocenters. The number of benzene rings is 2. The largest absolute Gasteiger partial charge is 0.478 e. The molecule has 1 saturated carbocycles. The maximum absolute atomic E-state index is 16.1. The molecule has 1 fully saturated rings. The number of hydrogen-bond donors (Lipinski definition) is 1. The maximum Gasteiger partial charge on any atom is 0.335 e. The fourth-order valence-corrected chi connectivity index (χ4v) is 4.81. The zero-order valence-corrected chi connectivity index (χ0v) is 17.1. The number of hydrogen-bond acceptors (Lipinski definition) is 1. The highest BCUT2D eigenvalue weighted by molar-refractivity contribution is 5.89. The van der Waals surface area contributed by atoms with Crippen LogP contribution in [0.15, 0.2) is 36.9 Å². The molecular formula is C25H26F2O2. The Bertz CT molecular complexity index is 1010. The number of carbonyl (C=O) groups is 1. The fraction of sp³-hybridized carbons (Fsp3) is 0.400. The summed E-state index contributed by atoms with van der Waals surface area (Å²) in [4.78, 5) is 11.1. The van der Waals surface area contributed by atoms with Gasteiger partial charge in [-0.1, -0.05) is 38.6 Å². The molecule has 2 aliphatic rings. The molecule has 2 aliphatic carbocycles. The van der Waals surface area contributed by atoms with E-state index in [0.29, 0.717) is 22.3 Å². The van der Waals surface area contributed by atoms with E-state index in [0.717, 1.165) is 31.2 Å². The Morgan fingerprint density at radius 3 is 2.17 bits per heavy atom. The Hall–Kier alpha value is -2.49. The first kappa shape index (κ1) is 19.8. The molecule has 1 atom stereocenters. The van der Waals surface area contributed by atoms with Crippen LogP contribution in [0.4, 0.5) is 8.78 Å². The first-order chi connectivity index (χ1) is 13.6. The van der Waals surface area contributed by atoms with Crippen LogP contribution in [-0.2, 0) is 10.8 Å². The van der Waals surface area contributed by atoms with Gasteiger partial charge in [0.25, 0.3) is 0 Å². The molecule has 0 bridgehead atoms. The molecule has 0 amide bonds. The van der Waals surface area contributed by atoms with Gasteiger partial charge in [-0.15, -0.1) is 0 Å². The van der Waals surface area contributed by atoms with Crippen LogP contribution in [0.3, 0.4) is 0 Å². The number of carboxylic acids is 1. The number of rotatable bonds is 4. The van der Waals surface area contributed by atoms with E-state index in [1.54, 1.807) is 12.1 Å². The van der Waals surface area contributed by atoms with E-state index in [-0.39, 0.29) is 27.8 Å². The van der Waals surface area contributed by atoms with Gasteiger partial charge >= 0.3 is 5.97 Å². The van der Waals surface area contributed by atoms with Crippen LogP contribution in [0.1, 0.15) is 90.8 Å². The van der Waals surface area contributed by atoms with Crippen LogP contribution >= 0.6 is 0 Å². The third-order valence-corrected chi connectivity index (χ3v) is 6.84. The van der Waals surface area contributed by atoms with E-state index in [1.165, 1.54) is 19.1 Å². The second-order valence-electron chi connectivity index (χ2n) is 9.22. The summed E-state index contributed by atoms with van der Waals surface area (Å²) >= 11 is 0. The number of carboxylic acid groups (broad SMARTS) is 1. The van der Waals surface area contributed by atoms with Crippen molar-refractivity contribution in [2.45, 2.75) is 63.5 Å². The van der Waals surface area contributed by atoms with Crippen molar-refractivity contribution in [3.05, 3.63) is 76.1 Å². The lowest BCUT2D eigenvalue weighted by molar-refractivity contribution is 0.0697. The van der Waals surface area contributed by atoms with E-state index in [4.69, 9.17) is 5.11 Å². The minimum absolute atomic E-state index is 0.0122. The monoisotopic (exact) mass is 396 g/mol. The first-order valence-electron chi connectivity index (χ1n) is 10.1. The molecule has 1 spiro atoms. The van der Waals surface area contributed by atoms with Gasteiger partial charge in [0.2, 0.25) is 0 Å². The second kappa shape index (κ2) is 6.51. The maximum atomic E-state index is 16.1. The van der Waals surface area contributed by atoms with Crippen molar-refractivity contribution < 1.29 is 18.7 Å². The Morgan fingerprint density at radius 2 is 1.66 bits per heavy atom. The summed E-state index contributed by atoms with van der Waals surface area (Å²) in [7, 11) is 0. The Morgan fingerprint density at radius 1 is 1.10 bits per heavy atom. The lowest BCUT2D eigenvalue weighted by atomic mass is 9.65. The van der Waals surface area contributed by atoms with Crippen molar-refractivity contribution in [2.24, 2.45) is 0 Å². The minimum Gasteiger partial charge on any atom is -0.478 e. The number of alkyl halides is 1. The summed E-state index contributed by atoms with van der Waals surface area (Å²) in [6, 6.07) is 8.00. The second-order valence-corrected chi connectivity index (χ2v) is 9.22. The van der Waals surface area contributed by atoms with Crippen LogP contribution < -0.4 is 0 Å². The van der Waals surface area contributed by atoms with Crippen LogP contribution in [0.2, 0.25) is 0 Å². The summed E-state index contributed by atoms with van der Waals surface area (Å²) < 4.78 is 30.7. The standard InChI is InChI=1S/C25H26F2O2/c1-14(16-5-7-17(8-6-16)23(28)29)20-18(15(2)26)13-19-21(22(20)27)24(3,4)9-10-25(19)11-12-25/h5-8,13,15H,1,9-12H2,2-4H3,(H,28,29). The quantitative estimate of drug-likeness (QED) is 0.623. The molecule has 0 heterocycles. The van der Waals surface area contributed by atoms with Gasteiger partial charge in [0.05, 0.1) is 5.56 Å². The average Bonchev–Trinajstić information content (AvgIpc) is 3.45. The lowest BCUT2D eigenvalue weighted by Crippen LogP contribution is -2.32. The third-order valence-electron chi connectivity index (χ3n) is 6.84. The van der Waals surface area contributed by atoms with Crippen molar-refractivity contribution in [3.63, 3.8) is 0 Å². The van der Waals surface area contributed by atoms with Gasteiger partial charge in [0, 0.05) is 5.56 Å². The summed E-state index contributed by atoms with van der Waals surface area (Å²) in [5.74, 6) is -1.40. The van der Waals surface area contributed by atoms with Crippen LogP contribution in [0, 0.1) is 5.82 Å². The van der Waals surface area contributed by atoms with Crippen molar-refractivity contribution in [2.75, 3.05) is 0 Å². The first-order valence-corrected chi connectivity index (χ1v) is 10.1. The normalized spacial score (nSPS) is 19.5. The van der Waals surface area contributed by atoms with E-state index >= 15 is 4.39 Å². The summed E-state index contributed by atoms with van der Waals surface area (Å²) in [5, 5.41) is 9.11. The zero-order valence-electron chi connectivity index (χ0n) is 17.1. The van der Waals surface area contributed by atoms with Gasteiger partial charge in [-0.2, -0.15) is 0 Å². The SMILES string of the molecule is C=C(c1ccc(C(=O)O)cc1)c1c(C(C)F)cc2c(c1F)C(C)(C)CCC21CC1. The summed E-state index contributed by atoms with van der Waals surface area (Å²) in [6.07, 6.45) is 2.66. The van der Waals surface area contributed by atoms with Crippen LogP contribution in [0.5, 0.6) is 0 Å². The van der Waals surface area contributed by atoms with E-state index in [1.807, 2.05) is 6.07 Å². The van der Waals surface area contributed by atoms with Crippen molar-refractivity contribution >= 4 is 11.5 Å². The van der Waals surface area contributed by atoms with Crippen LogP contribution in [0.25, 0.3) is 5.57 Å². The highest BCUT2D eigenvalue weighted by atomic mass is 19.1. The average molecular weight is 396 g/mol. The molecule has 0 radical (unpaired) electrons. The topological polar surface area (TPSA) is 37.3 Å². The highest BCUT2D eigenvalue weighted by Crippen LogP contribution is 2.60. The fourth-order valence-electron chi connectivity index (χ4n) is 4.81. The molecule has 152 valence electrons. The molecule has 4 rings (SSSR count). The van der Waals surface area contributed by atoms with Crippen molar-refractivity contribution in [1.82, 2.24) is 0 Å². The molecule has 29 heavy (non-hydrogen) atoms. The Kier molecular flexibility index (Phi) is 4.45. The summed E-state index contributed by atoms with van der Waals surface area (Å²) in [5.41, 5.74) is 3.02. The number of fused-ring (bicyclic) bond motifs is 2. The van der Waals surface area contributed by atoms with E-state index < -0.39 is 12.1 Å². The molecule has 2 nitrogen and oxygen atoms in total. The van der Waals surface area contributed by atoms with Crippen molar-refractivity contribution in [1.29, 1.82) is 0 Å². The molecule has 0 aromatic heterocycles. The highest BCUT2D eigenvalue weighted by Gasteiger charge is 2.52.